The smallest absolute Gasteiger partial charge is 0.0541 e. The van der Waals surface area contributed by atoms with Crippen LogP contribution in [-0.4, -0.2) is 15.7 Å². The number of aromatic nitrogens is 2. The van der Waals surface area contributed by atoms with E-state index in [0.717, 1.165) is 13.0 Å². The number of nitrogens with zero attached hydrogens (tertiary/aromatic N) is 2. The lowest BCUT2D eigenvalue weighted by atomic mass is 9.76. The third-order valence-corrected chi connectivity index (χ3v) is 9.01. The van der Waals surface area contributed by atoms with Crippen LogP contribution >= 0.6 is 0 Å². The molecule has 0 saturated carbocycles. The summed E-state index contributed by atoms with van der Waals surface area (Å²) in [4.78, 5) is 0. The maximum atomic E-state index is 3.75. The van der Waals surface area contributed by atoms with Crippen molar-refractivity contribution in [1.29, 1.82) is 0 Å². The maximum Gasteiger partial charge on any atom is 0.0541 e. The molecule has 1 aliphatic carbocycles. The summed E-state index contributed by atoms with van der Waals surface area (Å²) in [6.07, 6.45) is 8.16. The summed E-state index contributed by atoms with van der Waals surface area (Å²) < 4.78 is 4.87. The van der Waals surface area contributed by atoms with E-state index in [1.807, 2.05) is 0 Å². The summed E-state index contributed by atoms with van der Waals surface area (Å²) in [6.45, 7) is 0.893. The first-order valence-electron chi connectivity index (χ1n) is 14.1. The number of rotatable bonds is 2. The van der Waals surface area contributed by atoms with Crippen LogP contribution in [0.15, 0.2) is 133 Å². The van der Waals surface area contributed by atoms with Crippen LogP contribution in [0.5, 0.6) is 0 Å². The first kappa shape index (κ1) is 21.9. The van der Waals surface area contributed by atoms with Gasteiger partial charge in [-0.2, -0.15) is 0 Å². The number of para-hydroxylation sites is 4. The van der Waals surface area contributed by atoms with Gasteiger partial charge in [0.05, 0.1) is 22.1 Å². The second kappa shape index (κ2) is 8.00. The average molecular weight is 514 g/mol. The molecule has 1 atom stereocenters. The quantitative estimate of drug-likeness (QED) is 0.245. The fourth-order valence-electron chi connectivity index (χ4n) is 7.22. The molecule has 0 amide bonds. The van der Waals surface area contributed by atoms with Crippen molar-refractivity contribution in [3.8, 4) is 5.69 Å². The predicted molar refractivity (Wildman–Crippen MR) is 168 cm³/mol. The van der Waals surface area contributed by atoms with E-state index in [4.69, 9.17) is 0 Å². The highest BCUT2D eigenvalue weighted by Gasteiger charge is 2.38. The predicted octanol–water partition coefficient (Wildman–Crippen LogP) is 9.06. The van der Waals surface area contributed by atoms with Gasteiger partial charge in [-0.05, 0) is 66.6 Å². The highest BCUT2D eigenvalue weighted by Crippen LogP contribution is 2.46. The van der Waals surface area contributed by atoms with Crippen LogP contribution in [0.25, 0.3) is 55.0 Å². The Hall–Kier alpha value is -5.02. The normalized spacial score (nSPS) is 18.1. The summed E-state index contributed by atoms with van der Waals surface area (Å²) in [5.41, 5.74) is 9.93. The molecule has 190 valence electrons. The second-order valence-corrected chi connectivity index (χ2v) is 11.2. The van der Waals surface area contributed by atoms with Gasteiger partial charge >= 0.3 is 0 Å². The standard InChI is InChI=1S/C37H27N3/c1-5-15-33-27(11-1)28-12-2-6-16-34(28)39(33)25-19-20-32-31(22-25)37(24-38-32)21-9-10-26(23-37)40-35-17-7-3-13-29(35)30-14-4-8-18-36(30)40/h1-20,22-23,38H,21,24H2. The summed E-state index contributed by atoms with van der Waals surface area (Å²) in [5, 5.41) is 8.93. The maximum absolute atomic E-state index is 3.75. The number of fused-ring (bicyclic) bond motifs is 8. The fraction of sp³-hybridized carbons (Fsp3) is 0.0811. The average Bonchev–Trinajstić information content (AvgIpc) is 3.65. The number of anilines is 1. The Morgan fingerprint density at radius 3 is 1.68 bits per heavy atom. The molecule has 9 rings (SSSR count). The van der Waals surface area contributed by atoms with Crippen molar-refractivity contribution in [2.24, 2.45) is 0 Å². The molecule has 3 nitrogen and oxygen atoms in total. The Kier molecular flexibility index (Phi) is 4.37. The van der Waals surface area contributed by atoms with Gasteiger partial charge in [-0.1, -0.05) is 78.9 Å². The molecular weight excluding hydrogens is 486 g/mol. The van der Waals surface area contributed by atoms with Crippen molar-refractivity contribution in [3.63, 3.8) is 0 Å². The van der Waals surface area contributed by atoms with Crippen LogP contribution in [0.1, 0.15) is 12.0 Å². The molecule has 5 aromatic carbocycles. The zero-order chi connectivity index (χ0) is 26.3. The van der Waals surface area contributed by atoms with Gasteiger partial charge in [-0.15, -0.1) is 0 Å². The first-order valence-corrected chi connectivity index (χ1v) is 14.1. The largest absolute Gasteiger partial charge is 0.384 e. The van der Waals surface area contributed by atoms with Gasteiger partial charge < -0.3 is 14.5 Å². The fourth-order valence-corrected chi connectivity index (χ4v) is 7.22. The van der Waals surface area contributed by atoms with Crippen molar-refractivity contribution < 1.29 is 0 Å². The Labute approximate surface area is 232 Å². The molecule has 0 saturated heterocycles. The van der Waals surface area contributed by atoms with E-state index < -0.39 is 0 Å². The van der Waals surface area contributed by atoms with Gasteiger partial charge in [0.2, 0.25) is 0 Å². The van der Waals surface area contributed by atoms with E-state index in [1.54, 1.807) is 0 Å². The molecule has 0 bridgehead atoms. The topological polar surface area (TPSA) is 21.9 Å². The second-order valence-electron chi connectivity index (χ2n) is 11.2. The minimum atomic E-state index is -0.110. The molecule has 0 fully saturated rings. The number of nitrogens with one attached hydrogen (secondary N) is 1. The summed E-state index contributed by atoms with van der Waals surface area (Å²) in [7, 11) is 0. The van der Waals surface area contributed by atoms with Gasteiger partial charge in [0.25, 0.3) is 0 Å². The molecule has 7 aromatic rings. The molecule has 40 heavy (non-hydrogen) atoms. The van der Waals surface area contributed by atoms with Crippen LogP contribution in [-0.2, 0) is 5.41 Å². The van der Waals surface area contributed by atoms with E-state index in [0.29, 0.717) is 0 Å². The van der Waals surface area contributed by atoms with Crippen LogP contribution in [0.3, 0.4) is 0 Å². The van der Waals surface area contributed by atoms with Gasteiger partial charge in [0.15, 0.2) is 0 Å². The summed E-state index contributed by atoms with van der Waals surface area (Å²) in [6, 6.07) is 42.0. The lowest BCUT2D eigenvalue weighted by molar-refractivity contribution is 0.595. The number of hydrogen-bond acceptors (Lipinski definition) is 1. The highest BCUT2D eigenvalue weighted by molar-refractivity contribution is 6.11. The van der Waals surface area contributed by atoms with Crippen LogP contribution in [0.2, 0.25) is 0 Å². The molecule has 2 aromatic heterocycles. The van der Waals surface area contributed by atoms with Crippen molar-refractivity contribution in [2.45, 2.75) is 11.8 Å². The molecule has 1 N–H and O–H groups in total. The Morgan fingerprint density at radius 1 is 0.575 bits per heavy atom. The van der Waals surface area contributed by atoms with Gasteiger partial charge in [-0.25, -0.2) is 0 Å². The van der Waals surface area contributed by atoms with Crippen molar-refractivity contribution >= 4 is 55.0 Å². The van der Waals surface area contributed by atoms with Gasteiger partial charge in [0, 0.05) is 50.6 Å². The molecule has 1 aliphatic heterocycles. The zero-order valence-corrected chi connectivity index (χ0v) is 22.0. The first-order chi connectivity index (χ1) is 19.8. The van der Waals surface area contributed by atoms with Gasteiger partial charge in [0.1, 0.15) is 0 Å². The number of allylic oxidation sites excluding steroid dienone is 3. The third kappa shape index (κ3) is 2.89. The van der Waals surface area contributed by atoms with E-state index in [9.17, 15) is 0 Å². The lowest BCUT2D eigenvalue weighted by Crippen LogP contribution is -2.28. The Morgan fingerprint density at radius 2 is 1.10 bits per heavy atom. The zero-order valence-electron chi connectivity index (χ0n) is 22.0. The van der Waals surface area contributed by atoms with E-state index in [1.165, 1.54) is 66.2 Å². The van der Waals surface area contributed by atoms with Crippen molar-refractivity contribution in [3.05, 3.63) is 139 Å². The number of hydrogen-bond donors (Lipinski definition) is 1. The van der Waals surface area contributed by atoms with E-state index in [2.05, 4.69) is 148 Å². The van der Waals surface area contributed by atoms with Crippen molar-refractivity contribution in [1.82, 2.24) is 9.13 Å². The minimum Gasteiger partial charge on any atom is -0.384 e. The molecular formula is C37H27N3. The minimum absolute atomic E-state index is 0.110. The third-order valence-electron chi connectivity index (χ3n) is 9.01. The molecule has 1 spiro atoms. The highest BCUT2D eigenvalue weighted by atomic mass is 15.0. The molecule has 0 radical (unpaired) electrons. The van der Waals surface area contributed by atoms with Gasteiger partial charge in [-0.3, -0.25) is 0 Å². The molecule has 3 heteroatoms. The lowest BCUT2D eigenvalue weighted by Gasteiger charge is -2.29. The van der Waals surface area contributed by atoms with Crippen molar-refractivity contribution in [2.75, 3.05) is 11.9 Å². The SMILES string of the molecule is C1=CC(n2c3ccccc3c3ccccc32)=CC2(C1)CNc1ccc(-n3c4ccccc4c4ccccc43)cc12. The summed E-state index contributed by atoms with van der Waals surface area (Å²) >= 11 is 0. The monoisotopic (exact) mass is 513 g/mol. The Bertz CT molecular complexity index is 2100. The molecule has 2 aliphatic rings. The molecule has 3 heterocycles. The van der Waals surface area contributed by atoms with E-state index >= 15 is 0 Å². The van der Waals surface area contributed by atoms with Crippen LogP contribution < -0.4 is 5.32 Å². The Balaban J connectivity index is 1.26. The number of benzene rings is 5. The van der Waals surface area contributed by atoms with Crippen LogP contribution in [0.4, 0.5) is 5.69 Å². The van der Waals surface area contributed by atoms with Crippen LogP contribution in [0, 0.1) is 0 Å². The summed E-state index contributed by atoms with van der Waals surface area (Å²) in [5.74, 6) is 0. The molecule has 1 unspecified atom stereocenters. The van der Waals surface area contributed by atoms with E-state index in [-0.39, 0.29) is 5.41 Å².